The summed E-state index contributed by atoms with van der Waals surface area (Å²) in [5.74, 6) is 1.45. The first-order valence-electron chi connectivity index (χ1n) is 6.64. The Hall–Kier alpha value is -0.0500. The maximum absolute atomic E-state index is 6.29. The van der Waals surface area contributed by atoms with Crippen LogP contribution in [0.3, 0.4) is 0 Å². The van der Waals surface area contributed by atoms with Crippen molar-refractivity contribution in [2.24, 2.45) is 5.92 Å². The molecule has 0 aromatic carbocycles. The summed E-state index contributed by atoms with van der Waals surface area (Å²) in [6.07, 6.45) is 5.39. The summed E-state index contributed by atoms with van der Waals surface area (Å²) in [6.45, 7) is 5.57. The monoisotopic (exact) mass is 271 g/mol. The van der Waals surface area contributed by atoms with Gasteiger partial charge in [-0.1, -0.05) is 38.3 Å². The number of hydrogen-bond acceptors (Lipinski definition) is 2. The molecule has 96 valence electrons. The van der Waals surface area contributed by atoms with Crippen molar-refractivity contribution in [2.45, 2.75) is 51.5 Å². The number of nitrogens with one attached hydrogen (secondary N) is 1. The van der Waals surface area contributed by atoms with Gasteiger partial charge in [0.25, 0.3) is 0 Å². The molecule has 1 aliphatic carbocycles. The zero-order chi connectivity index (χ0) is 12.3. The van der Waals surface area contributed by atoms with E-state index in [2.05, 4.69) is 24.5 Å². The second-order valence-corrected chi connectivity index (χ2v) is 6.70. The predicted octanol–water partition coefficient (Wildman–Crippen LogP) is 4.67. The number of thiophene rings is 1. The standard InChI is InChI=1S/C14H22ClNS/c1-10(2)16-9-11-5-3-4-6-12(11)14-13(15)7-8-17-14/h7-8,10-12,16H,3-6,9H2,1-2H3. The maximum Gasteiger partial charge on any atom is 0.0547 e. The molecule has 0 radical (unpaired) electrons. The van der Waals surface area contributed by atoms with Gasteiger partial charge in [0.2, 0.25) is 0 Å². The van der Waals surface area contributed by atoms with Gasteiger partial charge in [0, 0.05) is 10.9 Å². The van der Waals surface area contributed by atoms with Crippen LogP contribution in [0, 0.1) is 5.92 Å². The van der Waals surface area contributed by atoms with E-state index in [9.17, 15) is 0 Å². The Kier molecular flexibility index (Phi) is 4.89. The molecule has 0 spiro atoms. The van der Waals surface area contributed by atoms with Crippen LogP contribution in [0.5, 0.6) is 0 Å². The molecular formula is C14H22ClNS. The molecule has 1 aromatic rings. The van der Waals surface area contributed by atoms with Gasteiger partial charge in [0.05, 0.1) is 5.02 Å². The molecule has 0 amide bonds. The summed E-state index contributed by atoms with van der Waals surface area (Å²) in [5.41, 5.74) is 0. The number of halogens is 1. The third-order valence-corrected chi connectivity index (χ3v) is 5.17. The minimum Gasteiger partial charge on any atom is -0.314 e. The van der Waals surface area contributed by atoms with Gasteiger partial charge in [0.15, 0.2) is 0 Å². The fourth-order valence-electron chi connectivity index (χ4n) is 2.75. The molecular weight excluding hydrogens is 250 g/mol. The lowest BCUT2D eigenvalue weighted by Crippen LogP contribution is -2.33. The van der Waals surface area contributed by atoms with E-state index in [0.29, 0.717) is 12.0 Å². The fraction of sp³-hybridized carbons (Fsp3) is 0.714. The molecule has 1 fully saturated rings. The predicted molar refractivity (Wildman–Crippen MR) is 77.2 cm³/mol. The molecule has 2 rings (SSSR count). The summed E-state index contributed by atoms with van der Waals surface area (Å²) >= 11 is 8.13. The van der Waals surface area contributed by atoms with Gasteiger partial charge in [-0.3, -0.25) is 0 Å². The summed E-state index contributed by atoms with van der Waals surface area (Å²) in [5, 5.41) is 6.70. The van der Waals surface area contributed by atoms with Crippen LogP contribution in [-0.4, -0.2) is 12.6 Å². The minimum atomic E-state index is 0.580. The second-order valence-electron chi connectivity index (χ2n) is 5.35. The van der Waals surface area contributed by atoms with Gasteiger partial charge in [0.1, 0.15) is 0 Å². The highest BCUT2D eigenvalue weighted by Gasteiger charge is 2.28. The molecule has 1 N–H and O–H groups in total. The lowest BCUT2D eigenvalue weighted by Gasteiger charge is -2.32. The van der Waals surface area contributed by atoms with Crippen molar-refractivity contribution in [3.63, 3.8) is 0 Å². The topological polar surface area (TPSA) is 12.0 Å². The molecule has 2 atom stereocenters. The summed E-state index contributed by atoms with van der Waals surface area (Å²) in [4.78, 5) is 1.42. The first-order valence-corrected chi connectivity index (χ1v) is 7.90. The Morgan fingerprint density at radius 1 is 1.41 bits per heavy atom. The van der Waals surface area contributed by atoms with Crippen molar-refractivity contribution in [3.8, 4) is 0 Å². The van der Waals surface area contributed by atoms with E-state index in [1.165, 1.54) is 30.6 Å². The highest BCUT2D eigenvalue weighted by Crippen LogP contribution is 2.42. The molecule has 1 saturated carbocycles. The second kappa shape index (κ2) is 6.21. The average Bonchev–Trinajstić information content (AvgIpc) is 2.73. The highest BCUT2D eigenvalue weighted by molar-refractivity contribution is 7.10. The van der Waals surface area contributed by atoms with Crippen LogP contribution in [0.15, 0.2) is 11.4 Å². The normalized spacial score (nSPS) is 25.4. The van der Waals surface area contributed by atoms with Crippen LogP contribution >= 0.6 is 22.9 Å². The fourth-order valence-corrected chi connectivity index (χ4v) is 4.18. The molecule has 0 aliphatic heterocycles. The molecule has 3 heteroatoms. The number of rotatable bonds is 4. The van der Waals surface area contributed by atoms with Gasteiger partial charge in [-0.05, 0) is 42.7 Å². The molecule has 0 saturated heterocycles. The summed E-state index contributed by atoms with van der Waals surface area (Å²) in [7, 11) is 0. The van der Waals surface area contributed by atoms with Crippen LogP contribution < -0.4 is 5.32 Å². The van der Waals surface area contributed by atoms with E-state index in [-0.39, 0.29) is 0 Å². The molecule has 1 aromatic heterocycles. The molecule has 0 bridgehead atoms. The smallest absolute Gasteiger partial charge is 0.0547 e. The lowest BCUT2D eigenvalue weighted by atomic mass is 9.78. The van der Waals surface area contributed by atoms with E-state index in [4.69, 9.17) is 11.6 Å². The molecule has 1 aliphatic rings. The van der Waals surface area contributed by atoms with Gasteiger partial charge in [-0.2, -0.15) is 0 Å². The first-order chi connectivity index (χ1) is 8.18. The SMILES string of the molecule is CC(C)NCC1CCCCC1c1sccc1Cl. The van der Waals surface area contributed by atoms with E-state index >= 15 is 0 Å². The van der Waals surface area contributed by atoms with Gasteiger partial charge < -0.3 is 5.32 Å². The zero-order valence-electron chi connectivity index (χ0n) is 10.7. The van der Waals surface area contributed by atoms with Crippen molar-refractivity contribution in [1.82, 2.24) is 5.32 Å². The van der Waals surface area contributed by atoms with Crippen LogP contribution in [0.1, 0.15) is 50.3 Å². The Morgan fingerprint density at radius 2 is 2.18 bits per heavy atom. The molecule has 1 heterocycles. The molecule has 2 unspecified atom stereocenters. The van der Waals surface area contributed by atoms with Crippen LogP contribution in [0.2, 0.25) is 5.02 Å². The highest BCUT2D eigenvalue weighted by atomic mass is 35.5. The first kappa shape index (κ1) is 13.4. The Bertz CT molecular complexity index is 348. The average molecular weight is 272 g/mol. The Labute approximate surface area is 114 Å². The lowest BCUT2D eigenvalue weighted by molar-refractivity contribution is 0.292. The molecule has 1 nitrogen and oxygen atoms in total. The summed E-state index contributed by atoms with van der Waals surface area (Å²) < 4.78 is 0. The quantitative estimate of drug-likeness (QED) is 0.839. The van der Waals surface area contributed by atoms with Gasteiger partial charge in [-0.15, -0.1) is 11.3 Å². The van der Waals surface area contributed by atoms with Crippen molar-refractivity contribution < 1.29 is 0 Å². The Morgan fingerprint density at radius 3 is 2.82 bits per heavy atom. The third kappa shape index (κ3) is 3.46. The maximum atomic E-state index is 6.29. The minimum absolute atomic E-state index is 0.580. The van der Waals surface area contributed by atoms with E-state index in [1.807, 2.05) is 17.4 Å². The molecule has 17 heavy (non-hydrogen) atoms. The van der Waals surface area contributed by atoms with Gasteiger partial charge >= 0.3 is 0 Å². The van der Waals surface area contributed by atoms with Crippen LogP contribution in [-0.2, 0) is 0 Å². The van der Waals surface area contributed by atoms with Crippen molar-refractivity contribution in [1.29, 1.82) is 0 Å². The Balaban J connectivity index is 2.04. The third-order valence-electron chi connectivity index (χ3n) is 3.68. The van der Waals surface area contributed by atoms with E-state index in [1.54, 1.807) is 0 Å². The van der Waals surface area contributed by atoms with E-state index in [0.717, 1.165) is 17.5 Å². The number of hydrogen-bond donors (Lipinski definition) is 1. The van der Waals surface area contributed by atoms with Crippen molar-refractivity contribution in [3.05, 3.63) is 21.3 Å². The summed E-state index contributed by atoms with van der Waals surface area (Å²) in [6, 6.07) is 2.62. The van der Waals surface area contributed by atoms with E-state index < -0.39 is 0 Å². The largest absolute Gasteiger partial charge is 0.314 e. The van der Waals surface area contributed by atoms with Crippen LogP contribution in [0.4, 0.5) is 0 Å². The van der Waals surface area contributed by atoms with Crippen LogP contribution in [0.25, 0.3) is 0 Å². The van der Waals surface area contributed by atoms with Crippen molar-refractivity contribution >= 4 is 22.9 Å². The van der Waals surface area contributed by atoms with Crippen molar-refractivity contribution in [2.75, 3.05) is 6.54 Å². The zero-order valence-corrected chi connectivity index (χ0v) is 12.3. The van der Waals surface area contributed by atoms with Gasteiger partial charge in [-0.25, -0.2) is 0 Å².